The molecule has 1 aliphatic heterocycles. The molecular formula is C20H22N2O2S. The number of amides is 2. The number of carbonyl (C=O) groups is 2. The second-order valence-corrected chi connectivity index (χ2v) is 7.17. The van der Waals surface area contributed by atoms with Gasteiger partial charge in [0.25, 0.3) is 0 Å². The Bertz CT molecular complexity index is 774. The molecule has 0 fully saturated rings. The molecule has 0 spiro atoms. The molecule has 0 saturated heterocycles. The molecule has 0 aromatic heterocycles. The lowest BCUT2D eigenvalue weighted by Crippen LogP contribution is -2.43. The Hall–Kier alpha value is -2.27. The van der Waals surface area contributed by atoms with Crippen molar-refractivity contribution in [2.75, 3.05) is 24.2 Å². The molecule has 0 N–H and O–H groups in total. The Labute approximate surface area is 152 Å². The summed E-state index contributed by atoms with van der Waals surface area (Å²) >= 11 is 1.53. The van der Waals surface area contributed by atoms with Crippen LogP contribution in [0.25, 0.3) is 0 Å². The van der Waals surface area contributed by atoms with Gasteiger partial charge in [0.2, 0.25) is 11.8 Å². The molecule has 2 amide bonds. The number of hydrogen-bond acceptors (Lipinski definition) is 3. The number of hydrogen-bond donors (Lipinski definition) is 0. The molecule has 0 aliphatic carbocycles. The summed E-state index contributed by atoms with van der Waals surface area (Å²) in [6, 6.07) is 16.0. The molecule has 25 heavy (non-hydrogen) atoms. The van der Waals surface area contributed by atoms with E-state index >= 15 is 0 Å². The lowest BCUT2D eigenvalue weighted by molar-refractivity contribution is -0.130. The number of carbonyl (C=O) groups excluding carboxylic acids is 2. The fraction of sp³-hybridized carbons (Fsp3) is 0.300. The second kappa shape index (κ2) is 7.74. The normalized spacial score (nSPS) is 13.5. The zero-order chi connectivity index (χ0) is 17.8. The van der Waals surface area contributed by atoms with Gasteiger partial charge in [-0.1, -0.05) is 43.3 Å². The SMILES string of the molecule is CCc1ccc(CN(C)C(=O)CN2C(=O)CSc3ccccc32)cc1. The summed E-state index contributed by atoms with van der Waals surface area (Å²) in [5.41, 5.74) is 3.21. The van der Waals surface area contributed by atoms with Crippen LogP contribution >= 0.6 is 11.8 Å². The summed E-state index contributed by atoms with van der Waals surface area (Å²) in [6.07, 6.45) is 1.00. The molecule has 2 aromatic rings. The van der Waals surface area contributed by atoms with Gasteiger partial charge in [-0.05, 0) is 29.7 Å². The lowest BCUT2D eigenvalue weighted by Gasteiger charge is -2.30. The predicted octanol–water partition coefficient (Wildman–Crippen LogP) is 3.35. The van der Waals surface area contributed by atoms with Crippen LogP contribution in [-0.2, 0) is 22.6 Å². The zero-order valence-electron chi connectivity index (χ0n) is 14.6. The highest BCUT2D eigenvalue weighted by atomic mass is 32.2. The fourth-order valence-electron chi connectivity index (χ4n) is 2.83. The van der Waals surface area contributed by atoms with Gasteiger partial charge < -0.3 is 9.80 Å². The molecule has 1 aliphatic rings. The van der Waals surface area contributed by atoms with E-state index in [9.17, 15) is 9.59 Å². The van der Waals surface area contributed by atoms with Crippen molar-refractivity contribution in [3.05, 3.63) is 59.7 Å². The van der Waals surface area contributed by atoms with Gasteiger partial charge in [0.05, 0.1) is 11.4 Å². The third-order valence-corrected chi connectivity index (χ3v) is 5.43. The van der Waals surface area contributed by atoms with E-state index in [1.807, 2.05) is 24.3 Å². The summed E-state index contributed by atoms with van der Waals surface area (Å²) in [5, 5.41) is 0. The predicted molar refractivity (Wildman–Crippen MR) is 102 cm³/mol. The quantitative estimate of drug-likeness (QED) is 0.827. The van der Waals surface area contributed by atoms with Crippen molar-refractivity contribution in [2.24, 2.45) is 0 Å². The minimum atomic E-state index is -0.0605. The highest BCUT2D eigenvalue weighted by Crippen LogP contribution is 2.34. The molecular weight excluding hydrogens is 332 g/mol. The molecule has 130 valence electrons. The maximum atomic E-state index is 12.6. The van der Waals surface area contributed by atoms with Crippen LogP contribution in [0.5, 0.6) is 0 Å². The van der Waals surface area contributed by atoms with E-state index < -0.39 is 0 Å². The topological polar surface area (TPSA) is 40.6 Å². The summed E-state index contributed by atoms with van der Waals surface area (Å²) in [5.74, 6) is 0.305. The smallest absolute Gasteiger partial charge is 0.242 e. The standard InChI is InChI=1S/C20H22N2O2S/c1-3-15-8-10-16(11-9-15)12-21(2)19(23)13-22-17-6-4-5-7-18(17)25-14-20(22)24/h4-11H,3,12-14H2,1-2H3. The van der Waals surface area contributed by atoms with Crippen LogP contribution in [0, 0.1) is 0 Å². The summed E-state index contributed by atoms with van der Waals surface area (Å²) in [7, 11) is 1.78. The van der Waals surface area contributed by atoms with Gasteiger partial charge in [0.1, 0.15) is 6.54 Å². The van der Waals surface area contributed by atoms with Gasteiger partial charge in [0, 0.05) is 18.5 Å². The van der Waals surface area contributed by atoms with E-state index in [1.165, 1.54) is 17.3 Å². The molecule has 1 heterocycles. The Balaban J connectivity index is 1.67. The first-order valence-corrected chi connectivity index (χ1v) is 9.41. The van der Waals surface area contributed by atoms with Crippen molar-refractivity contribution in [1.82, 2.24) is 4.90 Å². The molecule has 0 saturated carbocycles. The van der Waals surface area contributed by atoms with Crippen molar-refractivity contribution in [3.8, 4) is 0 Å². The first-order valence-electron chi connectivity index (χ1n) is 8.42. The fourth-order valence-corrected chi connectivity index (χ4v) is 3.76. The van der Waals surface area contributed by atoms with Crippen LogP contribution in [0.3, 0.4) is 0 Å². The van der Waals surface area contributed by atoms with Crippen LogP contribution in [0.2, 0.25) is 0 Å². The Morgan fingerprint density at radius 1 is 1.12 bits per heavy atom. The van der Waals surface area contributed by atoms with E-state index in [2.05, 4.69) is 31.2 Å². The first-order chi connectivity index (χ1) is 12.1. The van der Waals surface area contributed by atoms with Gasteiger partial charge in [-0.2, -0.15) is 0 Å². The monoisotopic (exact) mass is 354 g/mol. The Kier molecular flexibility index (Phi) is 5.43. The third-order valence-electron chi connectivity index (χ3n) is 4.38. The van der Waals surface area contributed by atoms with E-state index in [4.69, 9.17) is 0 Å². The lowest BCUT2D eigenvalue weighted by atomic mass is 10.1. The van der Waals surface area contributed by atoms with Crippen molar-refractivity contribution < 1.29 is 9.59 Å². The van der Waals surface area contributed by atoms with Crippen molar-refractivity contribution >= 4 is 29.3 Å². The van der Waals surface area contributed by atoms with Crippen LogP contribution in [-0.4, -0.2) is 36.1 Å². The summed E-state index contributed by atoms with van der Waals surface area (Å²) in [4.78, 5) is 29.2. The average Bonchev–Trinajstić information content (AvgIpc) is 2.64. The molecule has 4 nitrogen and oxygen atoms in total. The minimum absolute atomic E-state index is 0.0160. The summed E-state index contributed by atoms with van der Waals surface area (Å²) < 4.78 is 0. The maximum absolute atomic E-state index is 12.6. The number of rotatable bonds is 5. The first kappa shape index (κ1) is 17.5. The van der Waals surface area contributed by atoms with Gasteiger partial charge >= 0.3 is 0 Å². The van der Waals surface area contributed by atoms with Crippen molar-refractivity contribution in [3.63, 3.8) is 0 Å². The highest BCUT2D eigenvalue weighted by molar-refractivity contribution is 8.00. The largest absolute Gasteiger partial charge is 0.340 e. The number of para-hydroxylation sites is 1. The number of fused-ring (bicyclic) bond motifs is 1. The molecule has 2 aromatic carbocycles. The number of nitrogens with zero attached hydrogens (tertiary/aromatic N) is 2. The van der Waals surface area contributed by atoms with Gasteiger partial charge in [-0.15, -0.1) is 11.8 Å². The minimum Gasteiger partial charge on any atom is -0.340 e. The molecule has 0 unspecified atom stereocenters. The van der Waals surface area contributed by atoms with Gasteiger partial charge in [-0.25, -0.2) is 0 Å². The number of anilines is 1. The number of thioether (sulfide) groups is 1. The molecule has 0 radical (unpaired) electrons. The van der Waals surface area contributed by atoms with Gasteiger partial charge in [0.15, 0.2) is 0 Å². The Morgan fingerprint density at radius 3 is 2.52 bits per heavy atom. The zero-order valence-corrected chi connectivity index (χ0v) is 15.4. The van der Waals surface area contributed by atoms with Crippen LogP contribution in [0.4, 0.5) is 5.69 Å². The van der Waals surface area contributed by atoms with Gasteiger partial charge in [-0.3, -0.25) is 9.59 Å². The highest BCUT2D eigenvalue weighted by Gasteiger charge is 2.27. The number of benzene rings is 2. The third kappa shape index (κ3) is 4.04. The van der Waals surface area contributed by atoms with Crippen molar-refractivity contribution in [1.29, 1.82) is 0 Å². The van der Waals surface area contributed by atoms with E-state index in [0.717, 1.165) is 22.6 Å². The molecule has 3 rings (SSSR count). The second-order valence-electron chi connectivity index (χ2n) is 6.16. The summed E-state index contributed by atoms with van der Waals surface area (Å²) in [6.45, 7) is 2.75. The van der Waals surface area contributed by atoms with E-state index in [-0.39, 0.29) is 18.4 Å². The van der Waals surface area contributed by atoms with E-state index in [1.54, 1.807) is 16.8 Å². The molecule has 0 atom stereocenters. The van der Waals surface area contributed by atoms with E-state index in [0.29, 0.717) is 12.3 Å². The number of aryl methyl sites for hydroxylation is 1. The molecule has 5 heteroatoms. The maximum Gasteiger partial charge on any atom is 0.242 e. The molecule has 0 bridgehead atoms. The van der Waals surface area contributed by atoms with Crippen molar-refractivity contribution in [2.45, 2.75) is 24.8 Å². The average molecular weight is 354 g/mol. The van der Waals surface area contributed by atoms with Crippen LogP contribution in [0.15, 0.2) is 53.4 Å². The van der Waals surface area contributed by atoms with Crippen LogP contribution < -0.4 is 4.90 Å². The van der Waals surface area contributed by atoms with Crippen LogP contribution in [0.1, 0.15) is 18.1 Å². The number of likely N-dealkylation sites (N-methyl/N-ethyl adjacent to an activating group) is 1. The Morgan fingerprint density at radius 2 is 1.80 bits per heavy atom.